The van der Waals surface area contributed by atoms with Gasteiger partial charge in [0.15, 0.2) is 0 Å². The second-order valence-corrected chi connectivity index (χ2v) is 4.88. The molecule has 0 aliphatic heterocycles. The number of anilines is 1. The van der Waals surface area contributed by atoms with E-state index in [9.17, 15) is 9.82 Å². The van der Waals surface area contributed by atoms with Crippen molar-refractivity contribution in [1.82, 2.24) is 19.7 Å². The summed E-state index contributed by atoms with van der Waals surface area (Å²) in [4.78, 5) is 18.6. The zero-order valence-corrected chi connectivity index (χ0v) is 12.1. The van der Waals surface area contributed by atoms with Crippen LogP contribution in [0.5, 0.6) is 0 Å². The maximum Gasteiger partial charge on any atom is 0.406 e. The Bertz CT molecular complexity index is 826. The number of carbonyl (C=O) groups excluding carboxylic acids is 1. The highest BCUT2D eigenvalue weighted by molar-refractivity contribution is 6.52. The van der Waals surface area contributed by atoms with E-state index in [1.54, 1.807) is 42.8 Å². The average Bonchev–Trinajstić information content (AvgIpc) is 3.02. The zero-order chi connectivity index (χ0) is 15.7. The molecule has 0 saturated heterocycles. The normalized spacial score (nSPS) is 10.7. The molecule has 0 aliphatic carbocycles. The number of hydrogen-bond acceptors (Lipinski definition) is 6. The first kappa shape index (κ1) is 14.1. The van der Waals surface area contributed by atoms with E-state index >= 15 is 0 Å². The molecule has 9 heteroatoms. The Morgan fingerprint density at radius 2 is 2.18 bits per heavy atom. The predicted octanol–water partition coefficient (Wildman–Crippen LogP) is 0.561. The number of carbonyl (C=O) groups is 1. The molecule has 0 amide bonds. The summed E-state index contributed by atoms with van der Waals surface area (Å²) in [6, 6.07) is 8.76. The number of aryl methyl sites for hydroxylation is 1. The van der Waals surface area contributed by atoms with Gasteiger partial charge in [0.25, 0.3) is 0 Å². The Hall–Kier alpha value is -2.81. The van der Waals surface area contributed by atoms with Gasteiger partial charge >= 0.3 is 13.0 Å². The first-order chi connectivity index (χ1) is 10.5. The second kappa shape index (κ2) is 5.53. The quantitative estimate of drug-likeness (QED) is 0.540. The highest BCUT2D eigenvalue weighted by Gasteiger charge is 2.17. The topological polar surface area (TPSA) is 94.2 Å². The maximum absolute atomic E-state index is 12.3. The molecule has 0 saturated carbocycles. The SMILES string of the molecule is CB(O)Nc1cc(C(=O)On2nnc3ccccc32)n(C)c1. The number of rotatable bonds is 4. The first-order valence-corrected chi connectivity index (χ1v) is 6.68. The molecule has 3 rings (SSSR count). The molecular formula is C13H14BN5O3. The van der Waals surface area contributed by atoms with Gasteiger partial charge in [-0.15, -0.1) is 5.10 Å². The Balaban J connectivity index is 1.84. The minimum atomic E-state index is -0.717. The number of nitrogens with zero attached hydrogens (tertiary/aromatic N) is 4. The van der Waals surface area contributed by atoms with Crippen molar-refractivity contribution in [1.29, 1.82) is 0 Å². The lowest BCUT2D eigenvalue weighted by molar-refractivity contribution is 0.0398. The summed E-state index contributed by atoms with van der Waals surface area (Å²) in [7, 11) is 0.994. The highest BCUT2D eigenvalue weighted by atomic mass is 16.7. The molecule has 0 atom stereocenters. The molecule has 0 aliphatic rings. The zero-order valence-electron chi connectivity index (χ0n) is 12.1. The van der Waals surface area contributed by atoms with E-state index in [-0.39, 0.29) is 0 Å². The number of aromatic nitrogens is 4. The lowest BCUT2D eigenvalue weighted by Crippen LogP contribution is -2.22. The minimum absolute atomic E-state index is 0.322. The summed E-state index contributed by atoms with van der Waals surface area (Å²) in [6.45, 7) is 1.59. The molecule has 0 fully saturated rings. The van der Waals surface area contributed by atoms with Crippen LogP contribution in [0.3, 0.4) is 0 Å². The molecule has 8 nitrogen and oxygen atoms in total. The molecule has 0 spiro atoms. The maximum atomic E-state index is 12.3. The van der Waals surface area contributed by atoms with Gasteiger partial charge in [0.2, 0.25) is 0 Å². The van der Waals surface area contributed by atoms with E-state index < -0.39 is 13.0 Å². The van der Waals surface area contributed by atoms with E-state index in [1.165, 1.54) is 0 Å². The second-order valence-electron chi connectivity index (χ2n) is 4.88. The predicted molar refractivity (Wildman–Crippen MR) is 81.3 cm³/mol. The van der Waals surface area contributed by atoms with E-state index in [1.807, 2.05) is 12.1 Å². The molecular weight excluding hydrogens is 285 g/mol. The van der Waals surface area contributed by atoms with Crippen molar-refractivity contribution in [3.05, 3.63) is 42.2 Å². The van der Waals surface area contributed by atoms with Crippen molar-refractivity contribution in [2.24, 2.45) is 7.05 Å². The summed E-state index contributed by atoms with van der Waals surface area (Å²) in [5.41, 5.74) is 2.18. The Morgan fingerprint density at radius 1 is 1.41 bits per heavy atom. The molecule has 0 unspecified atom stereocenters. The van der Waals surface area contributed by atoms with Gasteiger partial charge in [0, 0.05) is 18.9 Å². The van der Waals surface area contributed by atoms with Gasteiger partial charge in [0.1, 0.15) is 16.7 Å². The summed E-state index contributed by atoms with van der Waals surface area (Å²) in [5.74, 6) is -0.572. The molecule has 0 bridgehead atoms. The Morgan fingerprint density at radius 3 is 2.95 bits per heavy atom. The van der Waals surface area contributed by atoms with Gasteiger partial charge in [-0.3, -0.25) is 0 Å². The summed E-state index contributed by atoms with van der Waals surface area (Å²) < 4.78 is 1.60. The Kier molecular flexibility index (Phi) is 3.55. The number of hydrogen-bond donors (Lipinski definition) is 2. The largest absolute Gasteiger partial charge is 0.433 e. The van der Waals surface area contributed by atoms with Crippen molar-refractivity contribution in [2.45, 2.75) is 6.82 Å². The van der Waals surface area contributed by atoms with E-state index in [0.29, 0.717) is 22.4 Å². The lowest BCUT2D eigenvalue weighted by Gasteiger charge is -2.03. The third-order valence-corrected chi connectivity index (χ3v) is 3.08. The van der Waals surface area contributed by atoms with Crippen molar-refractivity contribution in [3.8, 4) is 0 Å². The number of nitrogens with one attached hydrogen (secondary N) is 1. The molecule has 0 radical (unpaired) electrons. The third-order valence-electron chi connectivity index (χ3n) is 3.08. The average molecular weight is 299 g/mol. The Labute approximate surface area is 126 Å². The van der Waals surface area contributed by atoms with Crippen LogP contribution >= 0.6 is 0 Å². The number of fused-ring (bicyclic) bond motifs is 1. The number of para-hydroxylation sites is 1. The van der Waals surface area contributed by atoms with Gasteiger partial charge in [-0.05, 0) is 30.2 Å². The lowest BCUT2D eigenvalue weighted by atomic mass is 9.89. The fraction of sp³-hybridized carbons (Fsp3) is 0.154. The molecule has 22 heavy (non-hydrogen) atoms. The minimum Gasteiger partial charge on any atom is -0.433 e. The van der Waals surface area contributed by atoms with Crippen LogP contribution in [0.4, 0.5) is 5.69 Å². The van der Waals surface area contributed by atoms with Crippen LogP contribution in [0.1, 0.15) is 10.5 Å². The highest BCUT2D eigenvalue weighted by Crippen LogP contribution is 2.14. The van der Waals surface area contributed by atoms with Crippen LogP contribution in [0.15, 0.2) is 36.5 Å². The van der Waals surface area contributed by atoms with Crippen LogP contribution in [-0.4, -0.2) is 37.8 Å². The number of benzene rings is 1. The van der Waals surface area contributed by atoms with Crippen LogP contribution in [-0.2, 0) is 7.05 Å². The molecule has 112 valence electrons. The van der Waals surface area contributed by atoms with E-state index in [0.717, 1.165) is 4.85 Å². The van der Waals surface area contributed by atoms with Gasteiger partial charge in [-0.2, -0.15) is 0 Å². The van der Waals surface area contributed by atoms with Crippen molar-refractivity contribution in [3.63, 3.8) is 0 Å². The van der Waals surface area contributed by atoms with Crippen molar-refractivity contribution >= 4 is 29.7 Å². The molecule has 2 heterocycles. The van der Waals surface area contributed by atoms with Crippen molar-refractivity contribution in [2.75, 3.05) is 5.23 Å². The van der Waals surface area contributed by atoms with Crippen LogP contribution in [0.2, 0.25) is 6.82 Å². The monoisotopic (exact) mass is 299 g/mol. The molecule has 3 aromatic rings. The van der Waals surface area contributed by atoms with Gasteiger partial charge < -0.3 is 19.7 Å². The fourth-order valence-corrected chi connectivity index (χ4v) is 2.13. The van der Waals surface area contributed by atoms with Gasteiger partial charge in [-0.1, -0.05) is 17.0 Å². The van der Waals surface area contributed by atoms with E-state index in [2.05, 4.69) is 15.5 Å². The van der Waals surface area contributed by atoms with Crippen molar-refractivity contribution < 1.29 is 14.7 Å². The van der Waals surface area contributed by atoms with Crippen LogP contribution < -0.4 is 10.1 Å². The molecule has 2 aromatic heterocycles. The first-order valence-electron chi connectivity index (χ1n) is 6.68. The molecule has 1 aromatic carbocycles. The van der Waals surface area contributed by atoms with Gasteiger partial charge in [-0.25, -0.2) is 4.79 Å². The standard InChI is InChI=1S/C13H14BN5O3/c1-14(21)15-9-7-12(18(2)8-9)13(20)22-19-11-6-4-3-5-10(11)16-17-19/h3-8,15,21H,1-2H3. The van der Waals surface area contributed by atoms with Crippen LogP contribution in [0.25, 0.3) is 11.0 Å². The van der Waals surface area contributed by atoms with Crippen LogP contribution in [0, 0.1) is 0 Å². The fourth-order valence-electron chi connectivity index (χ4n) is 2.13. The van der Waals surface area contributed by atoms with Gasteiger partial charge in [0.05, 0.1) is 0 Å². The third kappa shape index (κ3) is 2.66. The summed E-state index contributed by atoms with van der Waals surface area (Å²) in [5, 5.41) is 19.8. The summed E-state index contributed by atoms with van der Waals surface area (Å²) >= 11 is 0. The molecule has 2 N–H and O–H groups in total. The summed E-state index contributed by atoms with van der Waals surface area (Å²) in [6.07, 6.45) is 1.68. The smallest absolute Gasteiger partial charge is 0.406 e. The van der Waals surface area contributed by atoms with E-state index in [4.69, 9.17) is 4.84 Å².